The number of rotatable bonds is 2. The number of halogens is 1. The van der Waals surface area contributed by atoms with Crippen molar-refractivity contribution in [2.45, 2.75) is 0 Å². The lowest BCUT2D eigenvalue weighted by Crippen LogP contribution is -2.19. The Morgan fingerprint density at radius 3 is 2.72 bits per heavy atom. The molecule has 0 spiro atoms. The van der Waals surface area contributed by atoms with Crippen LogP contribution in [-0.2, 0) is 11.8 Å². The number of carbonyl (C=O) groups is 1. The second-order valence-corrected chi connectivity index (χ2v) is 7.62. The molecule has 0 atom stereocenters. The fourth-order valence-corrected chi connectivity index (χ4v) is 3.84. The quantitative estimate of drug-likeness (QED) is 0.613. The number of amides is 1. The molecule has 0 saturated carbocycles. The normalized spacial score (nSPS) is 17.6. The molecule has 1 amide bonds. The monoisotopic (exact) mass is 411 g/mol. The Morgan fingerprint density at radius 2 is 1.92 bits per heavy atom. The van der Waals surface area contributed by atoms with Crippen molar-refractivity contribution < 1.29 is 4.79 Å². The summed E-state index contributed by atoms with van der Waals surface area (Å²) in [4.78, 5) is 17.4. The summed E-state index contributed by atoms with van der Waals surface area (Å²) in [5.74, 6) is -0.117. The molecule has 0 aliphatic carbocycles. The van der Waals surface area contributed by atoms with E-state index in [2.05, 4.69) is 42.9 Å². The number of aliphatic imine (C=N–C) groups is 1. The smallest absolute Gasteiger partial charge is 0.264 e. The van der Waals surface area contributed by atoms with Crippen LogP contribution in [0, 0.1) is 0 Å². The van der Waals surface area contributed by atoms with Crippen molar-refractivity contribution >= 4 is 61.4 Å². The molecule has 4 rings (SSSR count). The fourth-order valence-electron chi connectivity index (χ4n) is 2.74. The van der Waals surface area contributed by atoms with Crippen LogP contribution in [0.25, 0.3) is 17.0 Å². The first-order valence-electron chi connectivity index (χ1n) is 7.69. The van der Waals surface area contributed by atoms with E-state index in [9.17, 15) is 4.79 Å². The molecule has 3 aromatic rings. The third kappa shape index (κ3) is 3.27. The average molecular weight is 412 g/mol. The number of thioether (sulfide) groups is 1. The SMILES string of the molecule is Cn1cc(/C=C2\SC(=Nc3ccc(Br)cc3)NC2=O)c2ccccc21. The van der Waals surface area contributed by atoms with E-state index in [0.717, 1.165) is 26.6 Å². The molecular formula is C19H14BrN3OS. The number of hydrogen-bond donors (Lipinski definition) is 1. The lowest BCUT2D eigenvalue weighted by molar-refractivity contribution is -0.115. The zero-order chi connectivity index (χ0) is 17.4. The van der Waals surface area contributed by atoms with Crippen molar-refractivity contribution in [2.24, 2.45) is 12.0 Å². The van der Waals surface area contributed by atoms with Crippen LogP contribution in [0.15, 0.2) is 69.1 Å². The van der Waals surface area contributed by atoms with Crippen LogP contribution in [0.2, 0.25) is 0 Å². The van der Waals surface area contributed by atoms with E-state index in [1.807, 2.05) is 55.7 Å². The number of carbonyl (C=O) groups excluding carboxylic acids is 1. The highest BCUT2D eigenvalue weighted by atomic mass is 79.9. The van der Waals surface area contributed by atoms with Gasteiger partial charge in [0.25, 0.3) is 5.91 Å². The molecule has 6 heteroatoms. The topological polar surface area (TPSA) is 46.4 Å². The van der Waals surface area contributed by atoms with Crippen molar-refractivity contribution in [3.05, 3.63) is 69.7 Å². The first-order valence-corrected chi connectivity index (χ1v) is 9.30. The van der Waals surface area contributed by atoms with E-state index in [4.69, 9.17) is 0 Å². The Bertz CT molecular complexity index is 1030. The maximum Gasteiger partial charge on any atom is 0.264 e. The van der Waals surface area contributed by atoms with Crippen LogP contribution in [0.3, 0.4) is 0 Å². The number of aromatic nitrogens is 1. The average Bonchev–Trinajstić information content (AvgIpc) is 3.11. The zero-order valence-corrected chi connectivity index (χ0v) is 15.8. The summed E-state index contributed by atoms with van der Waals surface area (Å²) in [6.45, 7) is 0. The Balaban J connectivity index is 1.66. The van der Waals surface area contributed by atoms with Gasteiger partial charge in [0.15, 0.2) is 5.17 Å². The molecule has 1 N–H and O–H groups in total. The van der Waals surface area contributed by atoms with Crippen LogP contribution in [0.5, 0.6) is 0 Å². The van der Waals surface area contributed by atoms with E-state index < -0.39 is 0 Å². The van der Waals surface area contributed by atoms with Crippen LogP contribution >= 0.6 is 27.7 Å². The predicted molar refractivity (Wildman–Crippen MR) is 108 cm³/mol. The van der Waals surface area contributed by atoms with E-state index in [-0.39, 0.29) is 5.91 Å². The number of nitrogens with one attached hydrogen (secondary N) is 1. The van der Waals surface area contributed by atoms with Gasteiger partial charge in [0, 0.05) is 34.2 Å². The minimum absolute atomic E-state index is 0.117. The highest BCUT2D eigenvalue weighted by molar-refractivity contribution is 9.10. The van der Waals surface area contributed by atoms with Gasteiger partial charge in [0.05, 0.1) is 10.6 Å². The van der Waals surface area contributed by atoms with E-state index >= 15 is 0 Å². The van der Waals surface area contributed by atoms with Gasteiger partial charge in [0.2, 0.25) is 0 Å². The van der Waals surface area contributed by atoms with Crippen LogP contribution in [0.4, 0.5) is 5.69 Å². The molecule has 1 saturated heterocycles. The minimum Gasteiger partial charge on any atom is -0.350 e. The first kappa shape index (κ1) is 16.2. The number of hydrogen-bond acceptors (Lipinski definition) is 3. The third-order valence-corrected chi connectivity index (χ3v) is 5.36. The highest BCUT2D eigenvalue weighted by Crippen LogP contribution is 2.30. The van der Waals surface area contributed by atoms with Gasteiger partial charge in [-0.25, -0.2) is 4.99 Å². The van der Waals surface area contributed by atoms with Crippen molar-refractivity contribution in [1.82, 2.24) is 9.88 Å². The summed E-state index contributed by atoms with van der Waals surface area (Å²) in [6.07, 6.45) is 3.96. The highest BCUT2D eigenvalue weighted by Gasteiger charge is 2.24. The molecule has 0 bridgehead atoms. The molecule has 1 fully saturated rings. The summed E-state index contributed by atoms with van der Waals surface area (Å²) in [5, 5.41) is 4.55. The Morgan fingerprint density at radius 1 is 1.16 bits per heavy atom. The number of amidine groups is 1. The van der Waals surface area contributed by atoms with Crippen molar-refractivity contribution in [3.63, 3.8) is 0 Å². The van der Waals surface area contributed by atoms with Crippen LogP contribution in [0.1, 0.15) is 5.56 Å². The summed E-state index contributed by atoms with van der Waals surface area (Å²) >= 11 is 4.76. The van der Waals surface area contributed by atoms with Crippen molar-refractivity contribution in [3.8, 4) is 0 Å². The standard InChI is InChI=1S/C19H14BrN3OS/c1-23-11-12(15-4-2-3-5-16(15)23)10-17-18(24)22-19(25-17)21-14-8-6-13(20)7-9-14/h2-11H,1H3,(H,21,22,24)/b17-10-. The Hall–Kier alpha value is -2.31. The predicted octanol–water partition coefficient (Wildman–Crippen LogP) is 4.83. The number of fused-ring (bicyclic) bond motifs is 1. The largest absolute Gasteiger partial charge is 0.350 e. The zero-order valence-electron chi connectivity index (χ0n) is 13.4. The van der Waals surface area contributed by atoms with Gasteiger partial charge in [-0.05, 0) is 48.2 Å². The third-order valence-electron chi connectivity index (χ3n) is 3.92. The molecule has 2 heterocycles. The van der Waals surface area contributed by atoms with Gasteiger partial charge in [-0.2, -0.15) is 0 Å². The summed E-state index contributed by atoms with van der Waals surface area (Å²) in [5.41, 5.74) is 2.97. The summed E-state index contributed by atoms with van der Waals surface area (Å²) < 4.78 is 3.06. The molecule has 2 aromatic carbocycles. The Kier molecular flexibility index (Phi) is 4.23. The van der Waals surface area contributed by atoms with E-state index in [0.29, 0.717) is 10.1 Å². The second-order valence-electron chi connectivity index (χ2n) is 5.67. The van der Waals surface area contributed by atoms with Crippen molar-refractivity contribution in [1.29, 1.82) is 0 Å². The van der Waals surface area contributed by atoms with Gasteiger partial charge in [0.1, 0.15) is 0 Å². The molecule has 4 nitrogen and oxygen atoms in total. The van der Waals surface area contributed by atoms with Gasteiger partial charge in [-0.3, -0.25) is 4.79 Å². The lowest BCUT2D eigenvalue weighted by Gasteiger charge is -1.96. The molecule has 0 radical (unpaired) electrons. The maximum atomic E-state index is 12.3. The molecule has 1 aromatic heterocycles. The molecular weight excluding hydrogens is 398 g/mol. The maximum absolute atomic E-state index is 12.3. The summed E-state index contributed by atoms with van der Waals surface area (Å²) in [6, 6.07) is 15.8. The summed E-state index contributed by atoms with van der Waals surface area (Å²) in [7, 11) is 2.01. The number of para-hydroxylation sites is 1. The minimum atomic E-state index is -0.117. The first-order chi connectivity index (χ1) is 12.1. The molecule has 0 unspecified atom stereocenters. The Labute approximate surface area is 157 Å². The molecule has 1 aliphatic rings. The lowest BCUT2D eigenvalue weighted by atomic mass is 10.1. The number of aryl methyl sites for hydroxylation is 1. The van der Waals surface area contributed by atoms with E-state index in [1.165, 1.54) is 11.8 Å². The number of nitrogens with zero attached hydrogens (tertiary/aromatic N) is 2. The fraction of sp³-hybridized carbons (Fsp3) is 0.0526. The molecule has 124 valence electrons. The van der Waals surface area contributed by atoms with Gasteiger partial charge in [-0.1, -0.05) is 34.1 Å². The molecule has 1 aliphatic heterocycles. The van der Waals surface area contributed by atoms with Crippen LogP contribution in [-0.4, -0.2) is 15.6 Å². The van der Waals surface area contributed by atoms with E-state index in [1.54, 1.807) is 0 Å². The van der Waals surface area contributed by atoms with Crippen molar-refractivity contribution in [2.75, 3.05) is 0 Å². The molecule has 25 heavy (non-hydrogen) atoms. The van der Waals surface area contributed by atoms with Gasteiger partial charge in [-0.15, -0.1) is 0 Å². The van der Waals surface area contributed by atoms with Gasteiger partial charge >= 0.3 is 0 Å². The number of benzene rings is 2. The second kappa shape index (κ2) is 6.54. The van der Waals surface area contributed by atoms with Gasteiger partial charge < -0.3 is 9.88 Å². The van der Waals surface area contributed by atoms with Crippen LogP contribution < -0.4 is 5.32 Å².